The first-order valence-corrected chi connectivity index (χ1v) is 5.45. The lowest BCUT2D eigenvalue weighted by Crippen LogP contribution is -2.42. The van der Waals surface area contributed by atoms with Crippen LogP contribution in [0.3, 0.4) is 0 Å². The molecule has 1 aliphatic heterocycles. The van der Waals surface area contributed by atoms with Crippen molar-refractivity contribution in [3.05, 3.63) is 0 Å². The zero-order chi connectivity index (χ0) is 8.54. The van der Waals surface area contributed by atoms with Gasteiger partial charge in [-0.3, -0.25) is 0 Å². The average molecular weight is 173 g/mol. The van der Waals surface area contributed by atoms with Crippen molar-refractivity contribution < 1.29 is 0 Å². The van der Waals surface area contributed by atoms with E-state index < -0.39 is 0 Å². The molecule has 1 atom stereocenters. The van der Waals surface area contributed by atoms with Gasteiger partial charge in [-0.15, -0.1) is 0 Å². The van der Waals surface area contributed by atoms with Crippen molar-refractivity contribution in [3.8, 4) is 0 Å². The first-order valence-electron chi connectivity index (χ1n) is 4.30. The zero-order valence-electron chi connectivity index (χ0n) is 7.81. The van der Waals surface area contributed by atoms with Gasteiger partial charge in [0, 0.05) is 5.75 Å². The number of nitrogens with two attached hydrogens (primary N) is 1. The normalized spacial score (nSPS) is 32.7. The van der Waals surface area contributed by atoms with E-state index in [2.05, 4.69) is 32.5 Å². The Bertz CT molecular complexity index is 131. The van der Waals surface area contributed by atoms with Gasteiger partial charge in [-0.1, -0.05) is 20.8 Å². The van der Waals surface area contributed by atoms with Crippen LogP contribution < -0.4 is 5.73 Å². The molecule has 1 nitrogen and oxygen atoms in total. The molecule has 0 aromatic carbocycles. The lowest BCUT2D eigenvalue weighted by Gasteiger charge is -2.40. The van der Waals surface area contributed by atoms with Crippen LogP contribution in [-0.2, 0) is 0 Å². The van der Waals surface area contributed by atoms with Gasteiger partial charge in [0.15, 0.2) is 0 Å². The van der Waals surface area contributed by atoms with Gasteiger partial charge in [-0.05, 0) is 29.5 Å². The quantitative estimate of drug-likeness (QED) is 0.657. The first kappa shape index (κ1) is 9.40. The van der Waals surface area contributed by atoms with E-state index in [4.69, 9.17) is 5.73 Å². The highest BCUT2D eigenvalue weighted by molar-refractivity contribution is 7.99. The molecule has 2 heteroatoms. The van der Waals surface area contributed by atoms with E-state index in [1.165, 1.54) is 17.9 Å². The Morgan fingerprint density at radius 2 is 2.09 bits per heavy atom. The molecular formula is C9H19NS. The van der Waals surface area contributed by atoms with Crippen LogP contribution >= 0.6 is 11.8 Å². The molecule has 0 radical (unpaired) electrons. The Kier molecular flexibility index (Phi) is 2.55. The molecule has 11 heavy (non-hydrogen) atoms. The van der Waals surface area contributed by atoms with E-state index in [0.717, 1.165) is 6.54 Å². The molecule has 0 aromatic rings. The van der Waals surface area contributed by atoms with E-state index in [1.54, 1.807) is 0 Å². The number of hydrogen-bond donors (Lipinski definition) is 1. The van der Waals surface area contributed by atoms with E-state index in [-0.39, 0.29) is 0 Å². The smallest absolute Gasteiger partial charge is 0.000660 e. The van der Waals surface area contributed by atoms with E-state index in [1.807, 2.05) is 0 Å². The van der Waals surface area contributed by atoms with Gasteiger partial charge < -0.3 is 5.73 Å². The van der Waals surface area contributed by atoms with E-state index >= 15 is 0 Å². The molecule has 1 rings (SSSR count). The lowest BCUT2D eigenvalue weighted by molar-refractivity contribution is 0.127. The molecule has 0 aliphatic carbocycles. The second kappa shape index (κ2) is 2.98. The third-order valence-electron chi connectivity index (χ3n) is 3.09. The maximum absolute atomic E-state index is 5.84. The van der Waals surface area contributed by atoms with Gasteiger partial charge in [-0.2, -0.15) is 11.8 Å². The van der Waals surface area contributed by atoms with Crippen LogP contribution in [0.15, 0.2) is 0 Å². The monoisotopic (exact) mass is 173 g/mol. The van der Waals surface area contributed by atoms with Gasteiger partial charge >= 0.3 is 0 Å². The fourth-order valence-electron chi connectivity index (χ4n) is 1.67. The third kappa shape index (κ3) is 1.57. The highest BCUT2D eigenvalue weighted by atomic mass is 32.2. The highest BCUT2D eigenvalue weighted by Crippen LogP contribution is 2.48. The number of thioether (sulfide) groups is 1. The molecule has 2 N–H and O–H groups in total. The maximum atomic E-state index is 5.84. The molecule has 1 aliphatic rings. The standard InChI is InChI=1S/C9H19NS/c1-8(2,3)9(6-10)4-5-11-7-9/h4-7,10H2,1-3H3. The molecule has 1 saturated heterocycles. The summed E-state index contributed by atoms with van der Waals surface area (Å²) in [5.74, 6) is 2.56. The molecule has 0 aromatic heterocycles. The van der Waals surface area contributed by atoms with Crippen molar-refractivity contribution in [2.45, 2.75) is 27.2 Å². The minimum atomic E-state index is 0.380. The van der Waals surface area contributed by atoms with Crippen molar-refractivity contribution in [2.75, 3.05) is 18.1 Å². The molecular weight excluding hydrogens is 154 g/mol. The summed E-state index contributed by atoms with van der Waals surface area (Å²) in [6, 6.07) is 0. The molecule has 0 amide bonds. The SMILES string of the molecule is CC(C)(C)C1(CN)CCSC1. The predicted molar refractivity (Wildman–Crippen MR) is 52.9 cm³/mol. The summed E-state index contributed by atoms with van der Waals surface area (Å²) < 4.78 is 0. The van der Waals surface area contributed by atoms with Gasteiger partial charge in [-0.25, -0.2) is 0 Å². The Morgan fingerprint density at radius 3 is 2.27 bits per heavy atom. The average Bonchev–Trinajstić information content (AvgIpc) is 2.33. The lowest BCUT2D eigenvalue weighted by atomic mass is 9.66. The summed E-state index contributed by atoms with van der Waals surface area (Å²) in [4.78, 5) is 0. The maximum Gasteiger partial charge on any atom is 0.000660 e. The molecule has 66 valence electrons. The fraction of sp³-hybridized carbons (Fsp3) is 1.00. The fourth-order valence-corrected chi connectivity index (χ4v) is 3.43. The van der Waals surface area contributed by atoms with Crippen LogP contribution in [0.2, 0.25) is 0 Å². The van der Waals surface area contributed by atoms with Crippen LogP contribution in [-0.4, -0.2) is 18.1 Å². The number of rotatable bonds is 1. The molecule has 0 bridgehead atoms. The van der Waals surface area contributed by atoms with E-state index in [0.29, 0.717) is 10.8 Å². The second-order valence-corrected chi connectivity index (χ2v) is 5.64. The topological polar surface area (TPSA) is 26.0 Å². The van der Waals surface area contributed by atoms with Crippen LogP contribution in [0, 0.1) is 10.8 Å². The Balaban J connectivity index is 2.75. The summed E-state index contributed by atoms with van der Waals surface area (Å²) in [7, 11) is 0. The van der Waals surface area contributed by atoms with Gasteiger partial charge in [0.1, 0.15) is 0 Å². The first-order chi connectivity index (χ1) is 5.02. The van der Waals surface area contributed by atoms with Crippen molar-refractivity contribution in [1.29, 1.82) is 0 Å². The molecule has 1 fully saturated rings. The third-order valence-corrected chi connectivity index (χ3v) is 4.33. The van der Waals surface area contributed by atoms with Gasteiger partial charge in [0.2, 0.25) is 0 Å². The second-order valence-electron chi connectivity index (χ2n) is 4.54. The van der Waals surface area contributed by atoms with Crippen LogP contribution in [0.25, 0.3) is 0 Å². The van der Waals surface area contributed by atoms with Gasteiger partial charge in [0.05, 0.1) is 0 Å². The largest absolute Gasteiger partial charge is 0.330 e. The van der Waals surface area contributed by atoms with Crippen LogP contribution in [0.1, 0.15) is 27.2 Å². The van der Waals surface area contributed by atoms with Crippen LogP contribution in [0.5, 0.6) is 0 Å². The minimum absolute atomic E-state index is 0.380. The van der Waals surface area contributed by atoms with Crippen molar-refractivity contribution >= 4 is 11.8 Å². The van der Waals surface area contributed by atoms with Crippen LogP contribution in [0.4, 0.5) is 0 Å². The highest BCUT2D eigenvalue weighted by Gasteiger charge is 2.42. The summed E-state index contributed by atoms with van der Waals surface area (Å²) in [6.07, 6.45) is 1.30. The summed E-state index contributed by atoms with van der Waals surface area (Å²) >= 11 is 2.05. The Morgan fingerprint density at radius 1 is 1.45 bits per heavy atom. The summed E-state index contributed by atoms with van der Waals surface area (Å²) in [6.45, 7) is 7.78. The molecule has 1 heterocycles. The Hall–Kier alpha value is 0.310. The molecule has 0 saturated carbocycles. The minimum Gasteiger partial charge on any atom is -0.330 e. The summed E-state index contributed by atoms with van der Waals surface area (Å²) in [5.41, 5.74) is 6.64. The molecule has 0 spiro atoms. The van der Waals surface area contributed by atoms with Crippen molar-refractivity contribution in [1.82, 2.24) is 0 Å². The van der Waals surface area contributed by atoms with Crippen molar-refractivity contribution in [2.24, 2.45) is 16.6 Å². The van der Waals surface area contributed by atoms with Gasteiger partial charge in [0.25, 0.3) is 0 Å². The Labute approximate surface area is 74.1 Å². The van der Waals surface area contributed by atoms with Crippen molar-refractivity contribution in [3.63, 3.8) is 0 Å². The summed E-state index contributed by atoms with van der Waals surface area (Å²) in [5, 5.41) is 0. The number of hydrogen-bond acceptors (Lipinski definition) is 2. The zero-order valence-corrected chi connectivity index (χ0v) is 8.63. The predicted octanol–water partition coefficient (Wildman–Crippen LogP) is 2.11. The van der Waals surface area contributed by atoms with E-state index in [9.17, 15) is 0 Å². The molecule has 1 unspecified atom stereocenters.